The third-order valence-electron chi connectivity index (χ3n) is 4.01. The van der Waals surface area contributed by atoms with Crippen LogP contribution in [0.4, 0.5) is 5.82 Å². The number of benzene rings is 1. The first-order valence-corrected chi connectivity index (χ1v) is 8.94. The Bertz CT molecular complexity index is 829. The Balaban J connectivity index is 1.69. The van der Waals surface area contributed by atoms with E-state index in [9.17, 15) is 0 Å². The Labute approximate surface area is 144 Å². The van der Waals surface area contributed by atoms with Gasteiger partial charge in [-0.3, -0.25) is 0 Å². The first-order valence-electron chi connectivity index (χ1n) is 8.06. The Morgan fingerprint density at radius 2 is 2.08 bits per heavy atom. The molecule has 124 valence electrons. The average molecular weight is 341 g/mol. The molecule has 0 bridgehead atoms. The Morgan fingerprint density at radius 3 is 2.88 bits per heavy atom. The van der Waals surface area contributed by atoms with Crippen LogP contribution in [0, 0.1) is 6.92 Å². The topological polar surface area (TPSA) is 56.3 Å². The molecule has 1 aliphatic rings. The van der Waals surface area contributed by atoms with E-state index in [4.69, 9.17) is 9.47 Å². The molecule has 0 amide bonds. The fraction of sp³-hybridized carbons (Fsp3) is 0.333. The summed E-state index contributed by atoms with van der Waals surface area (Å²) < 4.78 is 11.2. The van der Waals surface area contributed by atoms with E-state index < -0.39 is 0 Å². The molecule has 0 radical (unpaired) electrons. The minimum absolute atomic E-state index is 0.0582. The van der Waals surface area contributed by atoms with Crippen LogP contribution in [-0.2, 0) is 9.47 Å². The summed E-state index contributed by atoms with van der Waals surface area (Å²) in [6, 6.07) is 10.4. The normalized spacial score (nSPS) is 18.0. The van der Waals surface area contributed by atoms with Gasteiger partial charge in [-0.2, -0.15) is 0 Å². The van der Waals surface area contributed by atoms with Crippen molar-refractivity contribution in [2.45, 2.75) is 13.0 Å². The lowest BCUT2D eigenvalue weighted by Crippen LogP contribution is -2.34. The van der Waals surface area contributed by atoms with Gasteiger partial charge in [-0.1, -0.05) is 30.3 Å². The maximum atomic E-state index is 5.71. The van der Waals surface area contributed by atoms with Crippen LogP contribution in [0.2, 0.25) is 0 Å². The number of fused-ring (bicyclic) bond motifs is 1. The van der Waals surface area contributed by atoms with Crippen LogP contribution in [0.1, 0.15) is 5.82 Å². The van der Waals surface area contributed by atoms with Crippen molar-refractivity contribution in [3.05, 3.63) is 41.5 Å². The van der Waals surface area contributed by atoms with Crippen molar-refractivity contribution in [2.75, 3.05) is 31.7 Å². The summed E-state index contributed by atoms with van der Waals surface area (Å²) in [6.45, 7) is 4.55. The molecule has 4 rings (SSSR count). The quantitative estimate of drug-likeness (QED) is 0.787. The van der Waals surface area contributed by atoms with Gasteiger partial charge in [0.1, 0.15) is 16.5 Å². The fourth-order valence-electron chi connectivity index (χ4n) is 2.87. The van der Waals surface area contributed by atoms with E-state index in [1.807, 2.05) is 25.1 Å². The lowest BCUT2D eigenvalue weighted by molar-refractivity contribution is -0.0819. The number of aryl methyl sites for hydroxylation is 1. The molecule has 1 N–H and O–H groups in total. The highest BCUT2D eigenvalue weighted by Gasteiger charge is 2.17. The number of thiophene rings is 1. The molecule has 24 heavy (non-hydrogen) atoms. The Kier molecular flexibility index (Phi) is 4.42. The number of aromatic nitrogens is 2. The van der Waals surface area contributed by atoms with Crippen LogP contribution >= 0.6 is 11.3 Å². The maximum Gasteiger partial charge on any atom is 0.139 e. The molecule has 1 atom stereocenters. The van der Waals surface area contributed by atoms with Crippen LogP contribution in [-0.4, -0.2) is 42.4 Å². The second-order valence-corrected chi connectivity index (χ2v) is 6.62. The van der Waals surface area contributed by atoms with Crippen LogP contribution in [0.25, 0.3) is 21.3 Å². The summed E-state index contributed by atoms with van der Waals surface area (Å²) in [5.74, 6) is 1.64. The molecule has 0 saturated carbocycles. The van der Waals surface area contributed by atoms with Crippen LogP contribution < -0.4 is 5.32 Å². The number of rotatable bonds is 4. The van der Waals surface area contributed by atoms with Crippen LogP contribution in [0.15, 0.2) is 35.7 Å². The van der Waals surface area contributed by atoms with Crippen molar-refractivity contribution in [3.63, 3.8) is 0 Å². The minimum Gasteiger partial charge on any atom is -0.376 e. The molecule has 1 fully saturated rings. The number of nitrogens with one attached hydrogen (secondary N) is 1. The van der Waals surface area contributed by atoms with E-state index in [-0.39, 0.29) is 6.10 Å². The van der Waals surface area contributed by atoms with E-state index in [1.54, 1.807) is 11.3 Å². The molecule has 3 aromatic rings. The zero-order valence-electron chi connectivity index (χ0n) is 13.5. The molecular weight excluding hydrogens is 322 g/mol. The van der Waals surface area contributed by atoms with Gasteiger partial charge < -0.3 is 14.8 Å². The second kappa shape index (κ2) is 6.84. The highest BCUT2D eigenvalue weighted by Crippen LogP contribution is 2.36. The van der Waals surface area contributed by atoms with Crippen LogP contribution in [0.5, 0.6) is 0 Å². The van der Waals surface area contributed by atoms with E-state index >= 15 is 0 Å². The predicted octanol–water partition coefficient (Wildman–Crippen LogP) is 3.49. The van der Waals surface area contributed by atoms with Crippen molar-refractivity contribution in [1.82, 2.24) is 9.97 Å². The van der Waals surface area contributed by atoms with Gasteiger partial charge in [-0.05, 0) is 12.5 Å². The van der Waals surface area contributed by atoms with Gasteiger partial charge in [0, 0.05) is 17.5 Å². The molecule has 1 aromatic carbocycles. The molecule has 6 heteroatoms. The first-order chi connectivity index (χ1) is 11.8. The molecule has 0 unspecified atom stereocenters. The number of nitrogens with zero attached hydrogens (tertiary/aromatic N) is 2. The molecule has 0 spiro atoms. The molecule has 2 aromatic heterocycles. The SMILES string of the molecule is Cc1nc(NC[C@@H]2COCCO2)c2c(-c3ccccc3)csc2n1. The zero-order chi connectivity index (χ0) is 16.4. The zero-order valence-corrected chi connectivity index (χ0v) is 14.3. The number of anilines is 1. The highest BCUT2D eigenvalue weighted by molar-refractivity contribution is 7.17. The summed E-state index contributed by atoms with van der Waals surface area (Å²) in [6.07, 6.45) is 0.0582. The van der Waals surface area contributed by atoms with Gasteiger partial charge in [-0.25, -0.2) is 9.97 Å². The standard InChI is InChI=1S/C18H19N3O2S/c1-12-20-17(19-9-14-10-22-7-8-23-14)16-15(11-24-18(16)21-12)13-5-3-2-4-6-13/h2-6,11,14H,7-10H2,1H3,(H,19,20,21)/t14-/m1/s1. The van der Waals surface area contributed by atoms with E-state index in [1.165, 1.54) is 11.1 Å². The summed E-state index contributed by atoms with van der Waals surface area (Å²) in [5, 5.41) is 6.67. The highest BCUT2D eigenvalue weighted by atomic mass is 32.1. The van der Waals surface area contributed by atoms with Crippen molar-refractivity contribution in [3.8, 4) is 11.1 Å². The average Bonchev–Trinajstić information content (AvgIpc) is 3.05. The van der Waals surface area contributed by atoms with Gasteiger partial charge in [-0.15, -0.1) is 11.3 Å². The summed E-state index contributed by atoms with van der Waals surface area (Å²) >= 11 is 1.65. The van der Waals surface area contributed by atoms with Gasteiger partial charge in [0.25, 0.3) is 0 Å². The summed E-state index contributed by atoms with van der Waals surface area (Å²) in [5.41, 5.74) is 2.34. The third kappa shape index (κ3) is 3.13. The van der Waals surface area contributed by atoms with E-state index in [0.29, 0.717) is 26.4 Å². The molecule has 5 nitrogen and oxygen atoms in total. The summed E-state index contributed by atoms with van der Waals surface area (Å²) in [4.78, 5) is 10.2. The van der Waals surface area contributed by atoms with Crippen molar-refractivity contribution >= 4 is 27.4 Å². The Morgan fingerprint density at radius 1 is 1.21 bits per heavy atom. The summed E-state index contributed by atoms with van der Waals surface area (Å²) in [7, 11) is 0. The van der Waals surface area contributed by atoms with E-state index in [2.05, 4.69) is 32.8 Å². The number of hydrogen-bond donors (Lipinski definition) is 1. The third-order valence-corrected chi connectivity index (χ3v) is 4.88. The Hall–Kier alpha value is -2.02. The molecular formula is C18H19N3O2S. The molecule has 1 saturated heterocycles. The molecule has 1 aliphatic heterocycles. The first kappa shape index (κ1) is 15.5. The minimum atomic E-state index is 0.0582. The maximum absolute atomic E-state index is 5.71. The van der Waals surface area contributed by atoms with Crippen LogP contribution in [0.3, 0.4) is 0 Å². The molecule has 0 aliphatic carbocycles. The fourth-order valence-corrected chi connectivity index (χ4v) is 3.86. The van der Waals surface area contributed by atoms with Gasteiger partial charge in [0.15, 0.2) is 0 Å². The largest absolute Gasteiger partial charge is 0.376 e. The predicted molar refractivity (Wildman–Crippen MR) is 96.6 cm³/mol. The number of hydrogen-bond acceptors (Lipinski definition) is 6. The lowest BCUT2D eigenvalue weighted by atomic mass is 10.1. The van der Waals surface area contributed by atoms with Gasteiger partial charge in [0.05, 0.1) is 31.3 Å². The van der Waals surface area contributed by atoms with Gasteiger partial charge in [0.2, 0.25) is 0 Å². The lowest BCUT2D eigenvalue weighted by Gasteiger charge is -2.23. The number of ether oxygens (including phenoxy) is 2. The second-order valence-electron chi connectivity index (χ2n) is 5.76. The molecule has 3 heterocycles. The monoisotopic (exact) mass is 341 g/mol. The van der Waals surface area contributed by atoms with Crippen molar-refractivity contribution in [1.29, 1.82) is 0 Å². The van der Waals surface area contributed by atoms with Crippen molar-refractivity contribution in [2.24, 2.45) is 0 Å². The van der Waals surface area contributed by atoms with E-state index in [0.717, 1.165) is 21.9 Å². The van der Waals surface area contributed by atoms with Crippen molar-refractivity contribution < 1.29 is 9.47 Å². The van der Waals surface area contributed by atoms with Gasteiger partial charge >= 0.3 is 0 Å². The smallest absolute Gasteiger partial charge is 0.139 e.